The van der Waals surface area contributed by atoms with Gasteiger partial charge < -0.3 is 15.4 Å². The topological polar surface area (TPSA) is 93.2 Å². The zero-order valence-electron chi connectivity index (χ0n) is 13.9. The van der Waals surface area contributed by atoms with Crippen LogP contribution in [0.1, 0.15) is 41.1 Å². The fourth-order valence-corrected chi connectivity index (χ4v) is 1.98. The van der Waals surface area contributed by atoms with Crippen molar-refractivity contribution in [2.45, 2.75) is 26.3 Å². The molecule has 2 rings (SSSR count). The number of hydrogen-bond donors (Lipinski definition) is 2. The van der Waals surface area contributed by atoms with Crippen LogP contribution in [0, 0.1) is 0 Å². The Balaban J connectivity index is 2.19. The third kappa shape index (κ3) is 4.28. The first-order valence-electron chi connectivity index (χ1n) is 7.62. The lowest BCUT2D eigenvalue weighted by Gasteiger charge is -2.13. The van der Waals surface area contributed by atoms with Crippen LogP contribution < -0.4 is 10.6 Å². The molecule has 7 heteroatoms. The maximum atomic E-state index is 12.4. The van der Waals surface area contributed by atoms with Crippen molar-refractivity contribution >= 4 is 23.4 Å². The van der Waals surface area contributed by atoms with Crippen LogP contribution in [0.15, 0.2) is 36.7 Å². The quantitative estimate of drug-likeness (QED) is 0.792. The molecule has 1 heterocycles. The van der Waals surface area contributed by atoms with Crippen molar-refractivity contribution < 1.29 is 14.3 Å². The standard InChI is InChI=1S/C17H20N4O3/c1-4-11(2)20-15-9-14(18-10-19-15)16(22)21-13-8-6-5-7-12(13)17(23)24-3/h5-11H,4H2,1-3H3,(H,21,22)(H,18,19,20). The van der Waals surface area contributed by atoms with Gasteiger partial charge in [0, 0.05) is 12.1 Å². The average Bonchev–Trinajstić information content (AvgIpc) is 2.61. The molecule has 0 spiro atoms. The third-order valence-corrected chi connectivity index (χ3v) is 3.49. The molecular weight excluding hydrogens is 308 g/mol. The number of para-hydroxylation sites is 1. The number of nitrogens with zero attached hydrogens (tertiary/aromatic N) is 2. The van der Waals surface area contributed by atoms with E-state index in [9.17, 15) is 9.59 Å². The maximum absolute atomic E-state index is 12.4. The van der Waals surface area contributed by atoms with Gasteiger partial charge in [-0.1, -0.05) is 19.1 Å². The van der Waals surface area contributed by atoms with Crippen molar-refractivity contribution in [2.75, 3.05) is 17.7 Å². The molecular formula is C17H20N4O3. The summed E-state index contributed by atoms with van der Waals surface area (Å²) in [6, 6.07) is 8.43. The van der Waals surface area contributed by atoms with Crippen LogP contribution in [0.5, 0.6) is 0 Å². The second kappa shape index (κ2) is 8.05. The summed E-state index contributed by atoms with van der Waals surface area (Å²) in [6.45, 7) is 4.07. The minimum atomic E-state index is -0.521. The molecule has 1 amide bonds. The summed E-state index contributed by atoms with van der Waals surface area (Å²) in [6.07, 6.45) is 2.25. The smallest absolute Gasteiger partial charge is 0.339 e. The van der Waals surface area contributed by atoms with Crippen molar-refractivity contribution in [2.24, 2.45) is 0 Å². The minimum Gasteiger partial charge on any atom is -0.465 e. The zero-order valence-corrected chi connectivity index (χ0v) is 13.9. The number of ether oxygens (including phenoxy) is 1. The van der Waals surface area contributed by atoms with Crippen molar-refractivity contribution in [3.63, 3.8) is 0 Å². The van der Waals surface area contributed by atoms with Gasteiger partial charge >= 0.3 is 5.97 Å². The number of hydrogen-bond acceptors (Lipinski definition) is 6. The van der Waals surface area contributed by atoms with Crippen molar-refractivity contribution in [3.8, 4) is 0 Å². The Kier molecular flexibility index (Phi) is 5.83. The van der Waals surface area contributed by atoms with E-state index < -0.39 is 11.9 Å². The van der Waals surface area contributed by atoms with Crippen molar-refractivity contribution in [3.05, 3.63) is 47.9 Å². The van der Waals surface area contributed by atoms with E-state index in [4.69, 9.17) is 4.74 Å². The van der Waals surface area contributed by atoms with Crippen LogP contribution in [0.4, 0.5) is 11.5 Å². The minimum absolute atomic E-state index is 0.204. The first-order valence-corrected chi connectivity index (χ1v) is 7.62. The first kappa shape index (κ1) is 17.4. The number of esters is 1. The molecule has 126 valence electrons. The SMILES string of the molecule is CCC(C)Nc1cc(C(=O)Nc2ccccc2C(=O)OC)ncn1. The fraction of sp³-hybridized carbons (Fsp3) is 0.294. The zero-order chi connectivity index (χ0) is 17.5. The molecule has 2 N–H and O–H groups in total. The predicted molar refractivity (Wildman–Crippen MR) is 91.1 cm³/mol. The second-order valence-corrected chi connectivity index (χ2v) is 5.23. The van der Waals surface area contributed by atoms with E-state index in [0.29, 0.717) is 11.5 Å². The van der Waals surface area contributed by atoms with Crippen LogP contribution in [0.25, 0.3) is 0 Å². The van der Waals surface area contributed by atoms with Gasteiger partial charge in [-0.05, 0) is 25.5 Å². The fourth-order valence-electron chi connectivity index (χ4n) is 1.98. The summed E-state index contributed by atoms with van der Waals surface area (Å²) in [5.41, 5.74) is 0.847. The van der Waals surface area contributed by atoms with E-state index in [1.54, 1.807) is 30.3 Å². The molecule has 0 radical (unpaired) electrons. The molecule has 0 aliphatic heterocycles. The number of carbonyl (C=O) groups is 2. The van der Waals surface area contributed by atoms with Gasteiger partial charge in [-0.2, -0.15) is 0 Å². The van der Waals surface area contributed by atoms with Gasteiger partial charge in [0.25, 0.3) is 5.91 Å². The van der Waals surface area contributed by atoms with Crippen molar-refractivity contribution in [1.82, 2.24) is 9.97 Å². The normalized spacial score (nSPS) is 11.5. The van der Waals surface area contributed by atoms with E-state index in [-0.39, 0.29) is 17.3 Å². The lowest BCUT2D eigenvalue weighted by atomic mass is 10.1. The Hall–Kier alpha value is -2.96. The van der Waals surface area contributed by atoms with Gasteiger partial charge in [0.05, 0.1) is 18.4 Å². The lowest BCUT2D eigenvalue weighted by molar-refractivity contribution is 0.0602. The highest BCUT2D eigenvalue weighted by atomic mass is 16.5. The molecule has 1 aromatic carbocycles. The average molecular weight is 328 g/mol. The van der Waals surface area contributed by atoms with E-state index in [2.05, 4.69) is 27.5 Å². The molecule has 0 bridgehead atoms. The largest absolute Gasteiger partial charge is 0.465 e. The number of methoxy groups -OCH3 is 1. The van der Waals surface area contributed by atoms with E-state index in [0.717, 1.165) is 6.42 Å². The molecule has 2 aromatic rings. The van der Waals surface area contributed by atoms with Crippen LogP contribution in [-0.2, 0) is 4.74 Å². The Morgan fingerprint density at radius 3 is 2.71 bits per heavy atom. The third-order valence-electron chi connectivity index (χ3n) is 3.49. The number of anilines is 2. The highest BCUT2D eigenvalue weighted by Crippen LogP contribution is 2.17. The van der Waals surface area contributed by atoms with Gasteiger partial charge in [-0.25, -0.2) is 14.8 Å². The molecule has 0 aliphatic rings. The van der Waals surface area contributed by atoms with E-state index >= 15 is 0 Å². The number of aromatic nitrogens is 2. The second-order valence-electron chi connectivity index (χ2n) is 5.23. The monoisotopic (exact) mass is 328 g/mol. The van der Waals surface area contributed by atoms with E-state index in [1.165, 1.54) is 13.4 Å². The van der Waals surface area contributed by atoms with Gasteiger partial charge in [0.2, 0.25) is 0 Å². The molecule has 1 unspecified atom stereocenters. The molecule has 0 aliphatic carbocycles. The van der Waals surface area contributed by atoms with Gasteiger partial charge in [0.15, 0.2) is 0 Å². The molecule has 7 nitrogen and oxygen atoms in total. The molecule has 24 heavy (non-hydrogen) atoms. The number of nitrogens with one attached hydrogen (secondary N) is 2. The summed E-state index contributed by atoms with van der Waals surface area (Å²) in [5.74, 6) is -0.376. The molecule has 1 atom stereocenters. The van der Waals surface area contributed by atoms with Crippen LogP contribution in [0.3, 0.4) is 0 Å². The molecule has 0 saturated carbocycles. The lowest BCUT2D eigenvalue weighted by Crippen LogP contribution is -2.19. The van der Waals surface area contributed by atoms with Gasteiger partial charge in [0.1, 0.15) is 17.8 Å². The Bertz CT molecular complexity index is 733. The molecule has 0 fully saturated rings. The van der Waals surface area contributed by atoms with E-state index in [1.807, 2.05) is 6.92 Å². The summed E-state index contributed by atoms with van der Waals surface area (Å²) in [4.78, 5) is 32.2. The summed E-state index contributed by atoms with van der Waals surface area (Å²) >= 11 is 0. The first-order chi connectivity index (χ1) is 11.5. The van der Waals surface area contributed by atoms with Crippen LogP contribution in [-0.4, -0.2) is 35.0 Å². The molecule has 0 saturated heterocycles. The highest BCUT2D eigenvalue weighted by molar-refractivity contribution is 6.07. The molecule has 1 aromatic heterocycles. The summed E-state index contributed by atoms with van der Waals surface area (Å²) in [5, 5.41) is 5.86. The summed E-state index contributed by atoms with van der Waals surface area (Å²) < 4.78 is 4.71. The Labute approximate surface area is 140 Å². The maximum Gasteiger partial charge on any atom is 0.339 e. The summed E-state index contributed by atoms with van der Waals surface area (Å²) in [7, 11) is 1.29. The van der Waals surface area contributed by atoms with Crippen LogP contribution in [0.2, 0.25) is 0 Å². The number of amides is 1. The predicted octanol–water partition coefficient (Wildman–Crippen LogP) is 2.73. The van der Waals surface area contributed by atoms with Crippen molar-refractivity contribution in [1.29, 1.82) is 0 Å². The number of carbonyl (C=O) groups excluding carboxylic acids is 2. The van der Waals surface area contributed by atoms with Gasteiger partial charge in [-0.3, -0.25) is 4.79 Å². The number of rotatable bonds is 6. The van der Waals surface area contributed by atoms with Crippen LogP contribution >= 0.6 is 0 Å². The Morgan fingerprint density at radius 2 is 2.00 bits per heavy atom. The van der Waals surface area contributed by atoms with Gasteiger partial charge in [-0.15, -0.1) is 0 Å². The highest BCUT2D eigenvalue weighted by Gasteiger charge is 2.15. The Morgan fingerprint density at radius 1 is 1.25 bits per heavy atom. The number of benzene rings is 1.